The molecular formula is C22H21N5O4. The maximum atomic E-state index is 10.9. The lowest BCUT2D eigenvalue weighted by atomic mass is 10.2. The molecule has 0 aliphatic heterocycles. The molecule has 0 radical (unpaired) electrons. The molecule has 0 unspecified atom stereocenters. The van der Waals surface area contributed by atoms with Crippen molar-refractivity contribution < 1.29 is 19.0 Å². The molecule has 1 amide bonds. The molecule has 0 spiro atoms. The summed E-state index contributed by atoms with van der Waals surface area (Å²) in [4.78, 5) is 24.3. The minimum absolute atomic E-state index is 0.494. The first kappa shape index (κ1) is 20.0. The van der Waals surface area contributed by atoms with Crippen LogP contribution in [-0.4, -0.2) is 42.6 Å². The van der Waals surface area contributed by atoms with E-state index in [-0.39, 0.29) is 0 Å². The Morgan fingerprint density at radius 2 is 1.81 bits per heavy atom. The Labute approximate surface area is 178 Å². The van der Waals surface area contributed by atoms with Crippen molar-refractivity contribution in [1.82, 2.24) is 15.0 Å². The van der Waals surface area contributed by atoms with Crippen molar-refractivity contribution in [1.29, 1.82) is 0 Å². The van der Waals surface area contributed by atoms with Gasteiger partial charge in [-0.2, -0.15) is 0 Å². The van der Waals surface area contributed by atoms with E-state index in [2.05, 4.69) is 20.3 Å². The van der Waals surface area contributed by atoms with Crippen LogP contribution in [0.15, 0.2) is 54.7 Å². The van der Waals surface area contributed by atoms with Crippen molar-refractivity contribution >= 4 is 34.9 Å². The first-order chi connectivity index (χ1) is 15.1. The number of nitrogens with zero attached hydrogens (tertiary/aromatic N) is 3. The molecule has 0 aliphatic carbocycles. The van der Waals surface area contributed by atoms with Crippen LogP contribution in [0.25, 0.3) is 11.0 Å². The second-order valence-electron chi connectivity index (χ2n) is 6.62. The van der Waals surface area contributed by atoms with Crippen molar-refractivity contribution in [2.24, 2.45) is 0 Å². The minimum atomic E-state index is 0.494. The fourth-order valence-electron chi connectivity index (χ4n) is 3.00. The molecule has 2 N–H and O–H groups in total. The van der Waals surface area contributed by atoms with Gasteiger partial charge in [-0.3, -0.25) is 4.79 Å². The molecule has 0 atom stereocenters. The standard InChI is InChI=1S/C22H21N5O4/c1-27(13-28)21-12-16(8-9-23-21)31-15-4-6-17-18(11-15)25-22(24-17)26-19-10-14(29-2)5-7-20(19)30-3/h4-13H,1-3H3,(H2,24,25,26). The summed E-state index contributed by atoms with van der Waals surface area (Å²) >= 11 is 0. The van der Waals surface area contributed by atoms with Crippen molar-refractivity contribution in [3.05, 3.63) is 54.7 Å². The molecule has 0 saturated heterocycles. The second kappa shape index (κ2) is 8.62. The van der Waals surface area contributed by atoms with Gasteiger partial charge in [-0.15, -0.1) is 0 Å². The molecule has 2 aromatic carbocycles. The van der Waals surface area contributed by atoms with Crippen molar-refractivity contribution in [2.45, 2.75) is 0 Å². The van der Waals surface area contributed by atoms with Crippen LogP contribution in [0.4, 0.5) is 17.5 Å². The van der Waals surface area contributed by atoms with E-state index in [4.69, 9.17) is 14.2 Å². The van der Waals surface area contributed by atoms with Crippen LogP contribution in [-0.2, 0) is 4.79 Å². The Morgan fingerprint density at radius 1 is 1.00 bits per heavy atom. The van der Waals surface area contributed by atoms with Crippen LogP contribution in [0, 0.1) is 0 Å². The summed E-state index contributed by atoms with van der Waals surface area (Å²) < 4.78 is 16.6. The number of amides is 1. The van der Waals surface area contributed by atoms with Gasteiger partial charge in [0.1, 0.15) is 28.8 Å². The maximum absolute atomic E-state index is 10.9. The van der Waals surface area contributed by atoms with Crippen molar-refractivity contribution in [3.63, 3.8) is 0 Å². The summed E-state index contributed by atoms with van der Waals surface area (Å²) in [5.74, 6) is 3.60. The molecule has 0 fully saturated rings. The third kappa shape index (κ3) is 4.35. The zero-order valence-electron chi connectivity index (χ0n) is 17.2. The Hall–Kier alpha value is -4.27. The molecular weight excluding hydrogens is 398 g/mol. The molecule has 31 heavy (non-hydrogen) atoms. The average Bonchev–Trinajstić information content (AvgIpc) is 3.20. The Morgan fingerprint density at radius 3 is 2.58 bits per heavy atom. The largest absolute Gasteiger partial charge is 0.497 e. The molecule has 9 nitrogen and oxygen atoms in total. The van der Waals surface area contributed by atoms with E-state index in [1.54, 1.807) is 39.6 Å². The van der Waals surface area contributed by atoms with E-state index in [0.717, 1.165) is 16.7 Å². The summed E-state index contributed by atoms with van der Waals surface area (Å²) in [6.07, 6.45) is 2.28. The minimum Gasteiger partial charge on any atom is -0.497 e. The van der Waals surface area contributed by atoms with E-state index in [1.165, 1.54) is 4.90 Å². The number of aromatic amines is 1. The Kier molecular flexibility index (Phi) is 5.57. The number of carbonyl (C=O) groups is 1. The van der Waals surface area contributed by atoms with Gasteiger partial charge < -0.3 is 29.4 Å². The number of rotatable bonds is 8. The van der Waals surface area contributed by atoms with Gasteiger partial charge in [-0.1, -0.05) is 0 Å². The molecule has 0 bridgehead atoms. The lowest BCUT2D eigenvalue weighted by molar-refractivity contribution is -0.107. The molecule has 158 valence electrons. The number of fused-ring (bicyclic) bond motifs is 1. The number of nitrogens with one attached hydrogen (secondary N) is 2. The van der Waals surface area contributed by atoms with Crippen LogP contribution in [0.2, 0.25) is 0 Å². The zero-order chi connectivity index (χ0) is 21.8. The topological polar surface area (TPSA) is 102 Å². The first-order valence-electron chi connectivity index (χ1n) is 9.40. The lowest BCUT2D eigenvalue weighted by Gasteiger charge is -2.11. The quantitative estimate of drug-likeness (QED) is 0.415. The van der Waals surface area contributed by atoms with Crippen LogP contribution in [0.3, 0.4) is 0 Å². The van der Waals surface area contributed by atoms with Gasteiger partial charge in [-0.05, 0) is 30.3 Å². The highest BCUT2D eigenvalue weighted by Crippen LogP contribution is 2.32. The molecule has 4 aromatic rings. The second-order valence-corrected chi connectivity index (χ2v) is 6.62. The van der Waals surface area contributed by atoms with Crippen LogP contribution in [0.5, 0.6) is 23.0 Å². The number of hydrogen-bond donors (Lipinski definition) is 2. The molecule has 0 saturated carbocycles. The number of benzene rings is 2. The van der Waals surface area contributed by atoms with E-state index < -0.39 is 0 Å². The van der Waals surface area contributed by atoms with E-state index in [9.17, 15) is 4.79 Å². The fourth-order valence-corrected chi connectivity index (χ4v) is 3.00. The Balaban J connectivity index is 1.57. The van der Waals surface area contributed by atoms with E-state index in [0.29, 0.717) is 41.2 Å². The third-order valence-electron chi connectivity index (χ3n) is 4.59. The number of hydrogen-bond acceptors (Lipinski definition) is 7. The highest BCUT2D eigenvalue weighted by Gasteiger charge is 2.10. The van der Waals surface area contributed by atoms with Crippen LogP contribution in [0.1, 0.15) is 0 Å². The molecule has 2 aromatic heterocycles. The number of anilines is 3. The Bertz CT molecular complexity index is 1220. The zero-order valence-corrected chi connectivity index (χ0v) is 17.2. The third-order valence-corrected chi connectivity index (χ3v) is 4.59. The van der Waals surface area contributed by atoms with Gasteiger partial charge in [0.05, 0.1) is 30.9 Å². The predicted octanol–water partition coefficient (Wildman–Crippen LogP) is 4.10. The monoisotopic (exact) mass is 419 g/mol. The summed E-state index contributed by atoms with van der Waals surface area (Å²) in [6, 6.07) is 14.4. The lowest BCUT2D eigenvalue weighted by Crippen LogP contribution is -2.14. The fraction of sp³-hybridized carbons (Fsp3) is 0.136. The summed E-state index contributed by atoms with van der Waals surface area (Å²) in [6.45, 7) is 0. The average molecular weight is 419 g/mol. The predicted molar refractivity (Wildman–Crippen MR) is 118 cm³/mol. The number of carbonyl (C=O) groups excluding carboxylic acids is 1. The van der Waals surface area contributed by atoms with Gasteiger partial charge in [0.25, 0.3) is 0 Å². The van der Waals surface area contributed by atoms with Crippen molar-refractivity contribution in [2.75, 3.05) is 31.5 Å². The van der Waals surface area contributed by atoms with Crippen molar-refractivity contribution in [3.8, 4) is 23.0 Å². The van der Waals surface area contributed by atoms with E-state index in [1.807, 2.05) is 36.4 Å². The van der Waals surface area contributed by atoms with Gasteiger partial charge in [-0.25, -0.2) is 9.97 Å². The number of pyridine rings is 1. The van der Waals surface area contributed by atoms with Gasteiger partial charge in [0.2, 0.25) is 12.4 Å². The number of imidazole rings is 1. The summed E-state index contributed by atoms with van der Waals surface area (Å²) in [7, 11) is 4.84. The number of H-pyrrole nitrogens is 1. The molecule has 0 aliphatic rings. The number of methoxy groups -OCH3 is 2. The van der Waals surface area contributed by atoms with Crippen LogP contribution >= 0.6 is 0 Å². The summed E-state index contributed by atoms with van der Waals surface area (Å²) in [5, 5.41) is 3.22. The maximum Gasteiger partial charge on any atom is 0.215 e. The molecule has 2 heterocycles. The molecule has 9 heteroatoms. The number of ether oxygens (including phenoxy) is 3. The number of aromatic nitrogens is 3. The van der Waals surface area contributed by atoms with Gasteiger partial charge in [0.15, 0.2) is 0 Å². The molecule has 4 rings (SSSR count). The highest BCUT2D eigenvalue weighted by atomic mass is 16.5. The van der Waals surface area contributed by atoms with Gasteiger partial charge in [0, 0.05) is 31.4 Å². The smallest absolute Gasteiger partial charge is 0.215 e. The van der Waals surface area contributed by atoms with E-state index >= 15 is 0 Å². The first-order valence-corrected chi connectivity index (χ1v) is 9.40. The van der Waals surface area contributed by atoms with Gasteiger partial charge >= 0.3 is 0 Å². The normalized spacial score (nSPS) is 10.5. The summed E-state index contributed by atoms with van der Waals surface area (Å²) in [5.41, 5.74) is 2.29. The SMILES string of the molecule is COc1ccc(OC)c(Nc2nc3ccc(Oc4ccnc(N(C)C=O)c4)cc3[nH]2)c1. The highest BCUT2D eigenvalue weighted by molar-refractivity contribution is 5.80. The van der Waals surface area contributed by atoms with Crippen LogP contribution < -0.4 is 24.4 Å².